The fourth-order valence-electron chi connectivity index (χ4n) is 4.06. The molecular formula is C29H43N3O5S. The summed E-state index contributed by atoms with van der Waals surface area (Å²) < 4.78 is 32.3. The Morgan fingerprint density at radius 3 is 2.11 bits per heavy atom. The number of amides is 2. The summed E-state index contributed by atoms with van der Waals surface area (Å²) in [6.07, 6.45) is 1.15. The monoisotopic (exact) mass is 545 g/mol. The maximum atomic E-state index is 13.3. The zero-order valence-corrected chi connectivity index (χ0v) is 24.8. The summed E-state index contributed by atoms with van der Waals surface area (Å²) in [5, 5.41) is 2.62. The number of nitrogens with zero attached hydrogens (tertiary/aromatic N) is 2. The van der Waals surface area contributed by atoms with Crippen molar-refractivity contribution in [2.45, 2.75) is 85.7 Å². The molecule has 0 saturated carbocycles. The average molecular weight is 546 g/mol. The van der Waals surface area contributed by atoms with Gasteiger partial charge < -0.3 is 19.3 Å². The van der Waals surface area contributed by atoms with Crippen LogP contribution in [0.25, 0.3) is 0 Å². The molecule has 0 saturated heterocycles. The summed E-state index contributed by atoms with van der Waals surface area (Å²) in [6, 6.07) is 11.3. The molecule has 0 spiro atoms. The van der Waals surface area contributed by atoms with Crippen molar-refractivity contribution in [3.05, 3.63) is 48.0 Å². The van der Waals surface area contributed by atoms with E-state index in [0.29, 0.717) is 17.7 Å². The molecule has 2 aromatic rings. The van der Waals surface area contributed by atoms with Crippen molar-refractivity contribution < 1.29 is 22.2 Å². The molecule has 0 unspecified atom stereocenters. The molecule has 210 valence electrons. The van der Waals surface area contributed by atoms with Gasteiger partial charge in [-0.15, -0.1) is 0 Å². The lowest BCUT2D eigenvalue weighted by atomic mass is 9.91. The number of carbonyl (C=O) groups excluding carboxylic acids is 2. The van der Waals surface area contributed by atoms with E-state index in [-0.39, 0.29) is 40.5 Å². The summed E-state index contributed by atoms with van der Waals surface area (Å²) in [5.41, 5.74) is 1.76. The first-order valence-electron chi connectivity index (χ1n) is 13.2. The number of nitrogens with one attached hydrogen (secondary N) is 1. The van der Waals surface area contributed by atoms with Crippen LogP contribution < -0.4 is 14.4 Å². The van der Waals surface area contributed by atoms with E-state index in [4.69, 9.17) is 4.18 Å². The average Bonchev–Trinajstić information content (AvgIpc) is 2.82. The molecule has 1 atom stereocenters. The van der Waals surface area contributed by atoms with Gasteiger partial charge >= 0.3 is 10.1 Å². The van der Waals surface area contributed by atoms with Crippen molar-refractivity contribution in [1.29, 1.82) is 0 Å². The van der Waals surface area contributed by atoms with Crippen LogP contribution in [-0.4, -0.2) is 44.3 Å². The first kappa shape index (κ1) is 31.1. The molecule has 0 aliphatic rings. The van der Waals surface area contributed by atoms with Crippen LogP contribution in [-0.2, 0) is 26.3 Å². The summed E-state index contributed by atoms with van der Waals surface area (Å²) in [5.74, 6) is -0.0409. The van der Waals surface area contributed by atoms with Crippen molar-refractivity contribution in [2.75, 3.05) is 23.3 Å². The van der Waals surface area contributed by atoms with E-state index in [1.54, 1.807) is 11.0 Å². The standard InChI is InChI=1S/C29H43N3O5S/c1-9-21(4)32(28(34)19-29(6,7)8)20-23-12-15-25(31(10-2)11-3)18-27(23)37-38(35,36)26-16-13-24(14-17-26)30-22(5)33/h12-18,21H,9-11,19-20H2,1-8H3,(H,30,33)/t21-/m0/s1. The Bertz CT molecular complexity index is 1200. The Labute approximate surface area is 228 Å². The van der Waals surface area contributed by atoms with Gasteiger partial charge in [0.25, 0.3) is 0 Å². The number of rotatable bonds is 12. The van der Waals surface area contributed by atoms with Crippen LogP contribution in [0.2, 0.25) is 0 Å². The van der Waals surface area contributed by atoms with Crippen molar-refractivity contribution in [3.63, 3.8) is 0 Å². The maximum Gasteiger partial charge on any atom is 0.339 e. The van der Waals surface area contributed by atoms with Gasteiger partial charge in [0.05, 0.1) is 0 Å². The fourth-order valence-corrected chi connectivity index (χ4v) is 5.02. The second kappa shape index (κ2) is 13.1. The summed E-state index contributed by atoms with van der Waals surface area (Å²) in [4.78, 5) is 28.5. The third-order valence-corrected chi connectivity index (χ3v) is 7.56. The molecule has 0 bridgehead atoms. The smallest absolute Gasteiger partial charge is 0.339 e. The van der Waals surface area contributed by atoms with E-state index in [9.17, 15) is 18.0 Å². The number of benzene rings is 2. The van der Waals surface area contributed by atoms with E-state index in [1.165, 1.54) is 31.2 Å². The molecule has 2 amide bonds. The predicted octanol–water partition coefficient (Wildman–Crippen LogP) is 5.82. The van der Waals surface area contributed by atoms with Gasteiger partial charge in [-0.3, -0.25) is 9.59 Å². The van der Waals surface area contributed by atoms with Gasteiger partial charge in [-0.1, -0.05) is 33.8 Å². The number of carbonyl (C=O) groups is 2. The Balaban J connectivity index is 2.51. The normalized spacial score (nSPS) is 12.5. The Kier molecular flexibility index (Phi) is 10.8. The minimum Gasteiger partial charge on any atom is -0.379 e. The Morgan fingerprint density at radius 2 is 1.61 bits per heavy atom. The molecule has 0 aliphatic heterocycles. The largest absolute Gasteiger partial charge is 0.379 e. The van der Waals surface area contributed by atoms with Gasteiger partial charge in [-0.05, 0) is 62.9 Å². The van der Waals surface area contributed by atoms with Gasteiger partial charge in [-0.2, -0.15) is 8.42 Å². The van der Waals surface area contributed by atoms with Crippen LogP contribution in [0.4, 0.5) is 11.4 Å². The Hall–Kier alpha value is -3.07. The fraction of sp³-hybridized carbons (Fsp3) is 0.517. The van der Waals surface area contributed by atoms with Crippen LogP contribution in [0.3, 0.4) is 0 Å². The number of anilines is 2. The number of hydrogen-bond donors (Lipinski definition) is 1. The first-order chi connectivity index (χ1) is 17.7. The lowest BCUT2D eigenvalue weighted by Crippen LogP contribution is -2.39. The maximum absolute atomic E-state index is 13.3. The molecule has 8 nitrogen and oxygen atoms in total. The quantitative estimate of drug-likeness (QED) is 0.338. The van der Waals surface area contributed by atoms with Gasteiger partial charge in [0.15, 0.2) is 0 Å². The highest BCUT2D eigenvalue weighted by Crippen LogP contribution is 2.31. The van der Waals surface area contributed by atoms with E-state index in [1.807, 2.05) is 60.6 Å². The summed E-state index contributed by atoms with van der Waals surface area (Å²) in [7, 11) is -4.18. The van der Waals surface area contributed by atoms with Gasteiger partial charge in [0.1, 0.15) is 10.6 Å². The third-order valence-electron chi connectivity index (χ3n) is 6.31. The van der Waals surface area contributed by atoms with Crippen molar-refractivity contribution in [1.82, 2.24) is 4.90 Å². The van der Waals surface area contributed by atoms with E-state index < -0.39 is 10.1 Å². The highest BCUT2D eigenvalue weighted by atomic mass is 32.2. The van der Waals surface area contributed by atoms with Crippen LogP contribution in [0.1, 0.15) is 73.8 Å². The van der Waals surface area contributed by atoms with Gasteiger partial charge in [0, 0.05) is 62.0 Å². The highest BCUT2D eigenvalue weighted by Gasteiger charge is 2.27. The first-order valence-corrected chi connectivity index (χ1v) is 14.6. The second-order valence-electron chi connectivity index (χ2n) is 10.7. The second-order valence-corrected chi connectivity index (χ2v) is 12.3. The topological polar surface area (TPSA) is 96.0 Å². The predicted molar refractivity (Wildman–Crippen MR) is 153 cm³/mol. The molecule has 0 fully saturated rings. The lowest BCUT2D eigenvalue weighted by molar-refractivity contribution is -0.136. The minimum absolute atomic E-state index is 0.0158. The van der Waals surface area contributed by atoms with Crippen LogP contribution in [0.5, 0.6) is 5.75 Å². The molecule has 38 heavy (non-hydrogen) atoms. The molecule has 9 heteroatoms. The van der Waals surface area contributed by atoms with Crippen LogP contribution >= 0.6 is 0 Å². The molecule has 0 heterocycles. The Morgan fingerprint density at radius 1 is 1.00 bits per heavy atom. The summed E-state index contributed by atoms with van der Waals surface area (Å²) >= 11 is 0. The van der Waals surface area contributed by atoms with Gasteiger partial charge in [-0.25, -0.2) is 0 Å². The zero-order valence-electron chi connectivity index (χ0n) is 24.0. The van der Waals surface area contributed by atoms with E-state index in [2.05, 4.69) is 10.2 Å². The third kappa shape index (κ3) is 8.75. The van der Waals surface area contributed by atoms with Crippen molar-refractivity contribution in [3.8, 4) is 5.75 Å². The van der Waals surface area contributed by atoms with Crippen LogP contribution in [0, 0.1) is 5.41 Å². The molecule has 0 aliphatic carbocycles. The molecular weight excluding hydrogens is 502 g/mol. The van der Waals surface area contributed by atoms with Crippen LogP contribution in [0.15, 0.2) is 47.4 Å². The van der Waals surface area contributed by atoms with Gasteiger partial charge in [0.2, 0.25) is 11.8 Å². The molecule has 0 radical (unpaired) electrons. The molecule has 2 aromatic carbocycles. The van der Waals surface area contributed by atoms with E-state index >= 15 is 0 Å². The summed E-state index contributed by atoms with van der Waals surface area (Å²) in [6.45, 7) is 17.3. The van der Waals surface area contributed by atoms with Crippen molar-refractivity contribution in [2.24, 2.45) is 5.41 Å². The minimum atomic E-state index is -4.18. The molecule has 0 aromatic heterocycles. The highest BCUT2D eigenvalue weighted by molar-refractivity contribution is 7.87. The van der Waals surface area contributed by atoms with Crippen molar-refractivity contribution >= 4 is 33.3 Å². The molecule has 2 rings (SSSR count). The number of hydrogen-bond acceptors (Lipinski definition) is 6. The lowest BCUT2D eigenvalue weighted by Gasteiger charge is -2.32. The van der Waals surface area contributed by atoms with E-state index in [0.717, 1.165) is 25.2 Å². The zero-order chi connectivity index (χ0) is 28.7. The SMILES string of the molecule is CC[C@H](C)N(Cc1ccc(N(CC)CC)cc1OS(=O)(=O)c1ccc(NC(C)=O)cc1)C(=O)CC(C)(C)C. The molecule has 1 N–H and O–H groups in total.